The molecule has 38 heavy (non-hydrogen) atoms. The van der Waals surface area contributed by atoms with Gasteiger partial charge < -0.3 is 15.2 Å². The lowest BCUT2D eigenvalue weighted by molar-refractivity contribution is -0.160. The Morgan fingerprint density at radius 3 is 2.47 bits per heavy atom. The third kappa shape index (κ3) is 4.92. The van der Waals surface area contributed by atoms with Crippen LogP contribution in [0.1, 0.15) is 94.0 Å². The summed E-state index contributed by atoms with van der Waals surface area (Å²) < 4.78 is 6.03. The Morgan fingerprint density at radius 1 is 0.974 bits per heavy atom. The van der Waals surface area contributed by atoms with Crippen LogP contribution in [0.5, 0.6) is 0 Å². The van der Waals surface area contributed by atoms with Gasteiger partial charge >= 0.3 is 11.9 Å². The van der Waals surface area contributed by atoms with Gasteiger partial charge in [0.2, 0.25) is 5.91 Å². The molecule has 5 rings (SSSR count). The lowest BCUT2D eigenvalue weighted by Crippen LogP contribution is -2.51. The summed E-state index contributed by atoms with van der Waals surface area (Å²) in [6, 6.07) is 6.34. The van der Waals surface area contributed by atoms with Crippen molar-refractivity contribution >= 4 is 23.6 Å². The molecule has 0 aliphatic heterocycles. The number of esters is 1. The van der Waals surface area contributed by atoms with E-state index in [0.29, 0.717) is 24.2 Å². The smallest absolute Gasteiger partial charge is 0.335 e. The van der Waals surface area contributed by atoms with Gasteiger partial charge in [-0.15, -0.1) is 0 Å². The maximum atomic E-state index is 12.8. The fourth-order valence-electron chi connectivity index (χ4n) is 8.19. The second-order valence-corrected chi connectivity index (χ2v) is 12.3. The highest BCUT2D eigenvalue weighted by atomic mass is 16.5. The average Bonchev–Trinajstić information content (AvgIpc) is 3.22. The quantitative estimate of drug-likeness (QED) is 0.476. The van der Waals surface area contributed by atoms with E-state index in [-0.39, 0.29) is 59.5 Å². The Hall–Kier alpha value is -2.96. The van der Waals surface area contributed by atoms with Crippen LogP contribution in [0.3, 0.4) is 0 Å². The number of nitrogens with one attached hydrogen (secondary N) is 1. The van der Waals surface area contributed by atoms with Crippen LogP contribution in [0.2, 0.25) is 0 Å². The summed E-state index contributed by atoms with van der Waals surface area (Å²) in [6.45, 7) is 4.97. The molecule has 3 saturated carbocycles. The monoisotopic (exact) mass is 521 g/mol. The van der Waals surface area contributed by atoms with Crippen molar-refractivity contribution < 1.29 is 29.0 Å². The molecule has 1 aromatic carbocycles. The molecular weight excluding hydrogens is 482 g/mol. The second-order valence-electron chi connectivity index (χ2n) is 12.3. The van der Waals surface area contributed by atoms with Crippen molar-refractivity contribution in [3.05, 3.63) is 47.0 Å². The fourth-order valence-corrected chi connectivity index (χ4v) is 8.19. The molecule has 4 unspecified atom stereocenters. The highest BCUT2D eigenvalue weighted by Crippen LogP contribution is 2.65. The summed E-state index contributed by atoms with van der Waals surface area (Å²) in [5.74, 6) is 0.501. The molecule has 6 atom stereocenters. The SMILES string of the molecule is C[C@]12CCC3C(CCC4=CC(=O)CC[C@@]43C)C1CCC2OC(=O)CCC(=O)NCc1ccc(C(=O)O)cc1. The van der Waals surface area contributed by atoms with Gasteiger partial charge in [0.25, 0.3) is 0 Å². The zero-order valence-corrected chi connectivity index (χ0v) is 22.5. The summed E-state index contributed by atoms with van der Waals surface area (Å²) in [6.07, 6.45) is 9.83. The van der Waals surface area contributed by atoms with Crippen LogP contribution >= 0.6 is 0 Å². The van der Waals surface area contributed by atoms with Crippen molar-refractivity contribution in [3.8, 4) is 0 Å². The topological polar surface area (TPSA) is 110 Å². The molecule has 0 aromatic heterocycles. The van der Waals surface area contributed by atoms with E-state index in [9.17, 15) is 19.2 Å². The van der Waals surface area contributed by atoms with Crippen LogP contribution in [0, 0.1) is 28.6 Å². The summed E-state index contributed by atoms with van der Waals surface area (Å²) in [4.78, 5) is 48.1. The number of rotatable bonds is 7. The van der Waals surface area contributed by atoms with Gasteiger partial charge in [-0.2, -0.15) is 0 Å². The molecule has 0 bridgehead atoms. The highest BCUT2D eigenvalue weighted by Gasteiger charge is 2.59. The van der Waals surface area contributed by atoms with Gasteiger partial charge in [-0.25, -0.2) is 4.79 Å². The van der Waals surface area contributed by atoms with Crippen LogP contribution in [0.15, 0.2) is 35.9 Å². The van der Waals surface area contributed by atoms with Crippen molar-refractivity contribution in [1.82, 2.24) is 5.32 Å². The number of allylic oxidation sites excluding steroid dienone is 1. The molecule has 7 nitrogen and oxygen atoms in total. The fraction of sp³-hybridized carbons (Fsp3) is 0.613. The molecule has 7 heteroatoms. The number of hydrogen-bond acceptors (Lipinski definition) is 5. The second kappa shape index (κ2) is 10.3. The van der Waals surface area contributed by atoms with Crippen LogP contribution < -0.4 is 5.32 Å². The Bertz CT molecular complexity index is 1160. The largest absolute Gasteiger partial charge is 0.478 e. The maximum Gasteiger partial charge on any atom is 0.335 e. The van der Waals surface area contributed by atoms with E-state index in [0.717, 1.165) is 50.5 Å². The van der Waals surface area contributed by atoms with E-state index in [1.165, 1.54) is 17.7 Å². The Labute approximate surface area is 224 Å². The third-order valence-electron chi connectivity index (χ3n) is 10.4. The molecule has 1 amide bonds. The van der Waals surface area contributed by atoms with E-state index < -0.39 is 5.97 Å². The molecule has 0 radical (unpaired) electrons. The minimum absolute atomic E-state index is 0.0245. The summed E-state index contributed by atoms with van der Waals surface area (Å²) in [5.41, 5.74) is 2.48. The summed E-state index contributed by atoms with van der Waals surface area (Å²) in [7, 11) is 0. The molecule has 1 aromatic rings. The number of carboxylic acid groups (broad SMARTS) is 1. The van der Waals surface area contributed by atoms with Gasteiger partial charge in [0.15, 0.2) is 5.78 Å². The number of carboxylic acids is 1. The molecule has 4 aliphatic carbocycles. The van der Waals surface area contributed by atoms with E-state index in [4.69, 9.17) is 9.84 Å². The highest BCUT2D eigenvalue weighted by molar-refractivity contribution is 5.91. The Balaban J connectivity index is 1.12. The minimum atomic E-state index is -0.990. The summed E-state index contributed by atoms with van der Waals surface area (Å²) in [5, 5.41) is 11.8. The van der Waals surface area contributed by atoms with Gasteiger partial charge in [0.05, 0.1) is 12.0 Å². The van der Waals surface area contributed by atoms with Crippen LogP contribution in [0.4, 0.5) is 0 Å². The molecule has 0 heterocycles. The van der Waals surface area contributed by atoms with E-state index in [1.54, 1.807) is 12.1 Å². The number of fused-ring (bicyclic) bond motifs is 5. The lowest BCUT2D eigenvalue weighted by Gasteiger charge is -2.57. The van der Waals surface area contributed by atoms with Gasteiger partial charge in [-0.3, -0.25) is 14.4 Å². The predicted octanol–water partition coefficient (Wildman–Crippen LogP) is 5.22. The molecule has 0 spiro atoms. The van der Waals surface area contributed by atoms with E-state index in [2.05, 4.69) is 19.2 Å². The van der Waals surface area contributed by atoms with Crippen molar-refractivity contribution in [2.24, 2.45) is 28.6 Å². The first-order chi connectivity index (χ1) is 18.1. The molecule has 204 valence electrons. The Kier molecular flexibility index (Phi) is 7.23. The van der Waals surface area contributed by atoms with E-state index >= 15 is 0 Å². The first-order valence-electron chi connectivity index (χ1n) is 14.1. The zero-order chi connectivity index (χ0) is 27.1. The number of aromatic carboxylic acids is 1. The average molecular weight is 522 g/mol. The number of carbonyl (C=O) groups excluding carboxylic acids is 3. The van der Waals surface area contributed by atoms with Crippen LogP contribution in [-0.4, -0.2) is 34.8 Å². The lowest BCUT2D eigenvalue weighted by atomic mass is 9.47. The predicted molar refractivity (Wildman–Crippen MR) is 141 cm³/mol. The third-order valence-corrected chi connectivity index (χ3v) is 10.4. The van der Waals surface area contributed by atoms with E-state index in [1.807, 2.05) is 6.08 Å². The molecule has 0 saturated heterocycles. The van der Waals surface area contributed by atoms with Crippen molar-refractivity contribution in [3.63, 3.8) is 0 Å². The van der Waals surface area contributed by atoms with Gasteiger partial charge in [-0.05, 0) is 91.9 Å². The maximum absolute atomic E-state index is 12.8. The van der Waals surface area contributed by atoms with Crippen LogP contribution in [-0.2, 0) is 25.7 Å². The van der Waals surface area contributed by atoms with Gasteiger partial charge in [-0.1, -0.05) is 31.6 Å². The molecule has 2 N–H and O–H groups in total. The van der Waals surface area contributed by atoms with Gasteiger partial charge in [0.1, 0.15) is 6.10 Å². The standard InChI is InChI=1S/C31H39NO6/c1-30-15-13-22(33)17-21(30)7-8-23-24-9-10-26(31(24,2)16-14-25(23)30)38-28(35)12-11-27(34)32-18-19-3-5-20(6-4-19)29(36)37/h3-6,17,23-26H,7-16,18H2,1-2H3,(H,32,34)(H,36,37)/t23?,24?,25?,26?,30-,31-/m0/s1. The van der Waals surface area contributed by atoms with Crippen molar-refractivity contribution in [1.29, 1.82) is 0 Å². The first kappa shape index (κ1) is 26.6. The summed E-state index contributed by atoms with van der Waals surface area (Å²) >= 11 is 0. The number of ketones is 1. The first-order valence-corrected chi connectivity index (χ1v) is 14.1. The number of benzene rings is 1. The molecular formula is C31H39NO6. The minimum Gasteiger partial charge on any atom is -0.478 e. The molecule has 4 aliphatic rings. The normalized spacial score (nSPS) is 33.8. The number of ether oxygens (including phenoxy) is 1. The van der Waals surface area contributed by atoms with Crippen molar-refractivity contribution in [2.45, 2.75) is 90.7 Å². The van der Waals surface area contributed by atoms with Crippen molar-refractivity contribution in [2.75, 3.05) is 0 Å². The zero-order valence-electron chi connectivity index (χ0n) is 22.5. The van der Waals surface area contributed by atoms with Gasteiger partial charge in [0, 0.05) is 24.8 Å². The number of carbonyl (C=O) groups is 4. The Morgan fingerprint density at radius 2 is 1.74 bits per heavy atom. The number of amides is 1. The van der Waals surface area contributed by atoms with Crippen LogP contribution in [0.25, 0.3) is 0 Å². The number of hydrogen-bond donors (Lipinski definition) is 2. The molecule has 3 fully saturated rings.